The van der Waals surface area contributed by atoms with E-state index in [9.17, 15) is 9.59 Å². The summed E-state index contributed by atoms with van der Waals surface area (Å²) in [4.78, 5) is 22.4. The van der Waals surface area contributed by atoms with E-state index in [1.165, 1.54) is 6.92 Å². The summed E-state index contributed by atoms with van der Waals surface area (Å²) in [5.74, 6) is -0.102. The van der Waals surface area contributed by atoms with Crippen LogP contribution in [-0.2, 0) is 4.79 Å². The van der Waals surface area contributed by atoms with Crippen molar-refractivity contribution in [3.8, 4) is 0 Å². The summed E-state index contributed by atoms with van der Waals surface area (Å²) >= 11 is 5.86. The maximum Gasteiger partial charge on any atom is 0.319 e. The Kier molecular flexibility index (Phi) is 4.31. The van der Waals surface area contributed by atoms with Crippen molar-refractivity contribution >= 4 is 29.1 Å². The topological polar surface area (TPSA) is 58.2 Å². The zero-order valence-electron chi connectivity index (χ0n) is 9.08. The number of amides is 2. The standard InChI is InChI=1S/C11H13ClN2O2/c1-7(8(2)15)13-11(16)14-10-6-4-3-5-9(10)12/h3-7H,1-2H3,(H2,13,14,16). The van der Waals surface area contributed by atoms with Crippen molar-refractivity contribution in [1.82, 2.24) is 5.32 Å². The molecule has 0 aromatic heterocycles. The Balaban J connectivity index is 2.59. The number of carbonyl (C=O) groups excluding carboxylic acids is 2. The van der Waals surface area contributed by atoms with E-state index in [-0.39, 0.29) is 5.78 Å². The van der Waals surface area contributed by atoms with E-state index in [2.05, 4.69) is 10.6 Å². The lowest BCUT2D eigenvalue weighted by atomic mass is 10.2. The Morgan fingerprint density at radius 2 is 1.94 bits per heavy atom. The van der Waals surface area contributed by atoms with Crippen LogP contribution < -0.4 is 10.6 Å². The number of carbonyl (C=O) groups is 2. The summed E-state index contributed by atoms with van der Waals surface area (Å²) in [5, 5.41) is 5.51. The molecule has 0 bridgehead atoms. The summed E-state index contributed by atoms with van der Waals surface area (Å²) in [5.41, 5.74) is 0.511. The number of nitrogens with one attached hydrogen (secondary N) is 2. The summed E-state index contributed by atoms with van der Waals surface area (Å²) in [6.45, 7) is 3.04. The molecule has 0 aliphatic rings. The molecule has 4 nitrogen and oxygen atoms in total. The van der Waals surface area contributed by atoms with Gasteiger partial charge in [-0.1, -0.05) is 23.7 Å². The Morgan fingerprint density at radius 3 is 2.50 bits per heavy atom. The first kappa shape index (κ1) is 12.5. The van der Waals surface area contributed by atoms with E-state index in [0.717, 1.165) is 0 Å². The number of Topliss-reactive ketones (excluding diaryl/α,β-unsaturated/α-hetero) is 1. The highest BCUT2D eigenvalue weighted by Crippen LogP contribution is 2.19. The molecule has 1 unspecified atom stereocenters. The van der Waals surface area contributed by atoms with Gasteiger partial charge in [0, 0.05) is 0 Å². The highest BCUT2D eigenvalue weighted by atomic mass is 35.5. The molecule has 86 valence electrons. The van der Waals surface area contributed by atoms with Gasteiger partial charge in [-0.25, -0.2) is 4.79 Å². The third-order valence-electron chi connectivity index (χ3n) is 2.08. The Labute approximate surface area is 99.0 Å². The van der Waals surface area contributed by atoms with Crippen LogP contribution in [0, 0.1) is 0 Å². The number of urea groups is 1. The smallest absolute Gasteiger partial charge is 0.319 e. The normalized spacial score (nSPS) is 11.7. The van der Waals surface area contributed by atoms with Gasteiger partial charge in [-0.2, -0.15) is 0 Å². The Hall–Kier alpha value is -1.55. The summed E-state index contributed by atoms with van der Waals surface area (Å²) in [6, 6.07) is 5.92. The summed E-state index contributed by atoms with van der Waals surface area (Å²) in [6.07, 6.45) is 0. The molecule has 1 aromatic rings. The zero-order valence-corrected chi connectivity index (χ0v) is 9.84. The van der Waals surface area contributed by atoms with Crippen LogP contribution in [0.25, 0.3) is 0 Å². The molecule has 0 fully saturated rings. The van der Waals surface area contributed by atoms with Gasteiger partial charge in [0.2, 0.25) is 0 Å². The molecule has 0 aliphatic heterocycles. The minimum Gasteiger partial charge on any atom is -0.328 e. The van der Waals surface area contributed by atoms with Gasteiger partial charge in [-0.3, -0.25) is 4.79 Å². The molecular weight excluding hydrogens is 228 g/mol. The first-order valence-corrected chi connectivity index (χ1v) is 5.21. The third-order valence-corrected chi connectivity index (χ3v) is 2.41. The van der Waals surface area contributed by atoms with Crippen LogP contribution in [0.3, 0.4) is 0 Å². The number of benzene rings is 1. The lowest BCUT2D eigenvalue weighted by molar-refractivity contribution is -0.118. The van der Waals surface area contributed by atoms with Crippen molar-refractivity contribution in [2.75, 3.05) is 5.32 Å². The van der Waals surface area contributed by atoms with Gasteiger partial charge in [0.15, 0.2) is 5.78 Å². The van der Waals surface area contributed by atoms with Gasteiger partial charge in [-0.15, -0.1) is 0 Å². The maximum absolute atomic E-state index is 11.4. The first-order chi connectivity index (χ1) is 7.50. The lowest BCUT2D eigenvalue weighted by Crippen LogP contribution is -2.40. The van der Waals surface area contributed by atoms with Crippen LogP contribution in [0.5, 0.6) is 0 Å². The second-order valence-corrected chi connectivity index (χ2v) is 3.82. The fourth-order valence-electron chi connectivity index (χ4n) is 1.02. The molecule has 5 heteroatoms. The van der Waals surface area contributed by atoms with Crippen molar-refractivity contribution in [2.24, 2.45) is 0 Å². The molecule has 0 spiro atoms. The summed E-state index contributed by atoms with van der Waals surface area (Å²) in [7, 11) is 0. The number of rotatable bonds is 3. The molecule has 0 saturated heterocycles. The largest absolute Gasteiger partial charge is 0.328 e. The van der Waals surface area contributed by atoms with Gasteiger partial charge in [0.05, 0.1) is 16.8 Å². The zero-order chi connectivity index (χ0) is 12.1. The first-order valence-electron chi connectivity index (χ1n) is 4.83. The van der Waals surface area contributed by atoms with Crippen molar-refractivity contribution in [2.45, 2.75) is 19.9 Å². The van der Waals surface area contributed by atoms with E-state index < -0.39 is 12.1 Å². The molecule has 1 rings (SSSR count). The molecular formula is C11H13ClN2O2. The van der Waals surface area contributed by atoms with Gasteiger partial charge < -0.3 is 10.6 Å². The van der Waals surface area contributed by atoms with Crippen LogP contribution in [0.15, 0.2) is 24.3 Å². The monoisotopic (exact) mass is 240 g/mol. The molecule has 1 aromatic carbocycles. The SMILES string of the molecule is CC(=O)C(C)NC(=O)Nc1ccccc1Cl. The molecule has 2 N–H and O–H groups in total. The van der Waals surface area contributed by atoms with Gasteiger partial charge >= 0.3 is 6.03 Å². The van der Waals surface area contributed by atoms with Gasteiger partial charge in [0.25, 0.3) is 0 Å². The Bertz CT molecular complexity index is 407. The molecule has 0 radical (unpaired) electrons. The number of hydrogen-bond acceptors (Lipinski definition) is 2. The highest BCUT2D eigenvalue weighted by molar-refractivity contribution is 6.33. The predicted octanol–water partition coefficient (Wildman–Crippen LogP) is 2.44. The second-order valence-electron chi connectivity index (χ2n) is 3.41. The van der Waals surface area contributed by atoms with E-state index >= 15 is 0 Å². The molecule has 2 amide bonds. The third kappa shape index (κ3) is 3.55. The second kappa shape index (κ2) is 5.51. The fourth-order valence-corrected chi connectivity index (χ4v) is 1.20. The minimum absolute atomic E-state index is 0.102. The van der Waals surface area contributed by atoms with E-state index in [4.69, 9.17) is 11.6 Å². The Morgan fingerprint density at radius 1 is 1.31 bits per heavy atom. The molecule has 1 atom stereocenters. The molecule has 0 heterocycles. The molecule has 16 heavy (non-hydrogen) atoms. The van der Waals surface area contributed by atoms with Gasteiger partial charge in [0.1, 0.15) is 0 Å². The number of para-hydroxylation sites is 1. The molecule has 0 aliphatic carbocycles. The minimum atomic E-state index is -0.512. The van der Waals surface area contributed by atoms with Crippen LogP contribution in [0.4, 0.5) is 10.5 Å². The van der Waals surface area contributed by atoms with Crippen molar-refractivity contribution < 1.29 is 9.59 Å². The number of halogens is 1. The average Bonchev–Trinajstić information content (AvgIpc) is 2.21. The van der Waals surface area contributed by atoms with E-state index in [1.54, 1.807) is 31.2 Å². The number of ketones is 1. The quantitative estimate of drug-likeness (QED) is 0.853. The van der Waals surface area contributed by atoms with Crippen molar-refractivity contribution in [3.63, 3.8) is 0 Å². The van der Waals surface area contributed by atoms with Crippen LogP contribution in [-0.4, -0.2) is 17.9 Å². The van der Waals surface area contributed by atoms with E-state index in [1.807, 2.05) is 0 Å². The van der Waals surface area contributed by atoms with Crippen LogP contribution >= 0.6 is 11.6 Å². The molecule has 0 saturated carbocycles. The fraction of sp³-hybridized carbons (Fsp3) is 0.273. The maximum atomic E-state index is 11.4. The number of hydrogen-bond donors (Lipinski definition) is 2. The van der Waals surface area contributed by atoms with Crippen LogP contribution in [0.1, 0.15) is 13.8 Å². The van der Waals surface area contributed by atoms with Crippen molar-refractivity contribution in [3.05, 3.63) is 29.3 Å². The number of anilines is 1. The average molecular weight is 241 g/mol. The van der Waals surface area contributed by atoms with Gasteiger partial charge in [-0.05, 0) is 26.0 Å². The van der Waals surface area contributed by atoms with E-state index in [0.29, 0.717) is 10.7 Å². The predicted molar refractivity (Wildman–Crippen MR) is 63.7 cm³/mol. The van der Waals surface area contributed by atoms with Crippen molar-refractivity contribution in [1.29, 1.82) is 0 Å². The van der Waals surface area contributed by atoms with Crippen LogP contribution in [0.2, 0.25) is 5.02 Å². The summed E-state index contributed by atoms with van der Waals surface area (Å²) < 4.78 is 0. The lowest BCUT2D eigenvalue weighted by Gasteiger charge is -2.12. The highest BCUT2D eigenvalue weighted by Gasteiger charge is 2.11.